The number of nitrogens with zero attached hydrogens (tertiary/aromatic N) is 4. The van der Waals surface area contributed by atoms with Crippen LogP contribution < -0.4 is 5.32 Å². The lowest BCUT2D eigenvalue weighted by Crippen LogP contribution is -2.57. The van der Waals surface area contributed by atoms with Gasteiger partial charge >= 0.3 is 6.09 Å². The number of aryl methyl sites for hydroxylation is 1. The van der Waals surface area contributed by atoms with Crippen molar-refractivity contribution in [1.82, 2.24) is 24.7 Å². The number of aromatic nitrogens is 2. The molecule has 2 fully saturated rings. The molecule has 0 bridgehead atoms. The van der Waals surface area contributed by atoms with Gasteiger partial charge in [-0.05, 0) is 69.0 Å². The quantitative estimate of drug-likeness (QED) is 0.587. The van der Waals surface area contributed by atoms with Crippen LogP contribution in [0.3, 0.4) is 0 Å². The van der Waals surface area contributed by atoms with E-state index in [1.54, 1.807) is 36.9 Å². The van der Waals surface area contributed by atoms with Crippen LogP contribution >= 0.6 is 0 Å². The highest BCUT2D eigenvalue weighted by Crippen LogP contribution is 2.38. The normalized spacial score (nSPS) is 17.0. The van der Waals surface area contributed by atoms with Crippen molar-refractivity contribution in [3.05, 3.63) is 54.4 Å². The summed E-state index contributed by atoms with van der Waals surface area (Å²) in [6.45, 7) is 7.14. The number of piperazine rings is 1. The fourth-order valence-corrected chi connectivity index (χ4v) is 4.74. The summed E-state index contributed by atoms with van der Waals surface area (Å²) in [4.78, 5) is 46.4. The third-order valence-corrected chi connectivity index (χ3v) is 6.94. The van der Waals surface area contributed by atoms with Crippen molar-refractivity contribution >= 4 is 28.9 Å². The molecule has 1 saturated heterocycles. The van der Waals surface area contributed by atoms with Gasteiger partial charge in [0, 0.05) is 38.8 Å². The van der Waals surface area contributed by atoms with Crippen molar-refractivity contribution in [3.8, 4) is 11.1 Å². The summed E-state index contributed by atoms with van der Waals surface area (Å²) in [7, 11) is 1.97. The molecule has 9 heteroatoms. The van der Waals surface area contributed by atoms with Crippen molar-refractivity contribution in [1.29, 1.82) is 0 Å². The van der Waals surface area contributed by atoms with Crippen LogP contribution in [0, 0.1) is 0 Å². The maximum Gasteiger partial charge on any atom is 0.408 e. The van der Waals surface area contributed by atoms with E-state index < -0.39 is 17.2 Å². The number of hydrogen-bond donors (Lipinski definition) is 1. The fourth-order valence-electron chi connectivity index (χ4n) is 4.74. The Morgan fingerprint density at radius 2 is 1.54 bits per heavy atom. The number of alkyl carbamates (subject to hydrolysis) is 1. The first-order valence-corrected chi connectivity index (χ1v) is 12.7. The molecule has 0 radical (unpaired) electrons. The van der Waals surface area contributed by atoms with Crippen molar-refractivity contribution in [2.24, 2.45) is 7.05 Å². The predicted molar refractivity (Wildman–Crippen MR) is 140 cm³/mol. The molecule has 1 aliphatic heterocycles. The first-order chi connectivity index (χ1) is 17.5. The Labute approximate surface area is 216 Å². The van der Waals surface area contributed by atoms with Crippen LogP contribution in [0.15, 0.2) is 48.8 Å². The van der Waals surface area contributed by atoms with Gasteiger partial charge in [0.15, 0.2) is 0 Å². The molecule has 0 spiro atoms. The van der Waals surface area contributed by atoms with Crippen molar-refractivity contribution in [2.45, 2.75) is 44.8 Å². The Hall–Kier alpha value is -3.88. The van der Waals surface area contributed by atoms with Gasteiger partial charge in [-0.25, -0.2) is 9.78 Å². The molecule has 3 amide bonds. The van der Waals surface area contributed by atoms with Crippen molar-refractivity contribution in [2.75, 3.05) is 26.2 Å². The SMILES string of the molecule is Cn1cnc2cc(-c3ccc(C(=O)N4CCN(C(=O)C5(NC(=O)OC(C)(C)C)CC5)CC4)cc3)ccc21. The Morgan fingerprint density at radius 1 is 0.919 bits per heavy atom. The van der Waals surface area contributed by atoms with Crippen LogP contribution in [0.1, 0.15) is 44.0 Å². The Morgan fingerprint density at radius 3 is 2.16 bits per heavy atom. The summed E-state index contributed by atoms with van der Waals surface area (Å²) < 4.78 is 7.31. The number of carbonyl (C=O) groups is 3. The molecule has 1 aromatic heterocycles. The highest BCUT2D eigenvalue weighted by molar-refractivity contribution is 5.96. The van der Waals surface area contributed by atoms with Gasteiger partial charge in [-0.3, -0.25) is 9.59 Å². The lowest BCUT2D eigenvalue weighted by Gasteiger charge is -2.36. The molecule has 1 saturated carbocycles. The van der Waals surface area contributed by atoms with Gasteiger partial charge < -0.3 is 24.4 Å². The molecular weight excluding hydrogens is 470 g/mol. The van der Waals surface area contributed by atoms with Gasteiger partial charge in [-0.1, -0.05) is 18.2 Å². The van der Waals surface area contributed by atoms with Gasteiger partial charge in [0.25, 0.3) is 5.91 Å². The molecule has 194 valence electrons. The summed E-state index contributed by atoms with van der Waals surface area (Å²) in [5.41, 5.74) is 3.19. The zero-order chi connectivity index (χ0) is 26.4. The van der Waals surface area contributed by atoms with Crippen LogP contribution in [0.25, 0.3) is 22.2 Å². The Kier molecular flexibility index (Phi) is 6.17. The number of nitrogens with one attached hydrogen (secondary N) is 1. The van der Waals surface area contributed by atoms with E-state index in [4.69, 9.17) is 4.74 Å². The van der Waals surface area contributed by atoms with Gasteiger partial charge in [0.05, 0.1) is 17.4 Å². The molecule has 1 aliphatic carbocycles. The van der Waals surface area contributed by atoms with E-state index in [-0.39, 0.29) is 11.8 Å². The van der Waals surface area contributed by atoms with Gasteiger partial charge in [-0.15, -0.1) is 0 Å². The van der Waals surface area contributed by atoms with Crippen LogP contribution in [0.5, 0.6) is 0 Å². The lowest BCUT2D eigenvalue weighted by molar-refractivity contribution is -0.136. The summed E-state index contributed by atoms with van der Waals surface area (Å²) >= 11 is 0. The Bertz CT molecular complexity index is 1340. The number of benzene rings is 2. The number of imidazole rings is 1. The second kappa shape index (κ2) is 9.21. The number of fused-ring (bicyclic) bond motifs is 1. The van der Waals surface area contributed by atoms with Crippen LogP contribution in [-0.4, -0.2) is 74.6 Å². The number of hydrogen-bond acceptors (Lipinski definition) is 5. The van der Waals surface area contributed by atoms with E-state index in [0.29, 0.717) is 44.6 Å². The van der Waals surface area contributed by atoms with Gasteiger partial charge in [0.1, 0.15) is 11.1 Å². The highest BCUT2D eigenvalue weighted by Gasteiger charge is 2.54. The average molecular weight is 504 g/mol. The zero-order valence-electron chi connectivity index (χ0n) is 21.8. The largest absolute Gasteiger partial charge is 0.444 e. The predicted octanol–water partition coefficient (Wildman–Crippen LogP) is 3.58. The van der Waals surface area contributed by atoms with E-state index in [1.165, 1.54) is 0 Å². The molecule has 9 nitrogen and oxygen atoms in total. The van der Waals surface area contributed by atoms with Crippen LogP contribution in [-0.2, 0) is 16.6 Å². The molecule has 5 rings (SSSR count). The number of ether oxygens (including phenoxy) is 1. The molecule has 2 aromatic carbocycles. The first-order valence-electron chi connectivity index (χ1n) is 12.7. The smallest absolute Gasteiger partial charge is 0.408 e. The van der Waals surface area contributed by atoms with E-state index in [0.717, 1.165) is 22.2 Å². The molecule has 0 atom stereocenters. The maximum atomic E-state index is 13.1. The molecule has 2 heterocycles. The zero-order valence-corrected chi connectivity index (χ0v) is 21.8. The molecular formula is C28H33N5O4. The molecule has 1 N–H and O–H groups in total. The molecule has 0 unspecified atom stereocenters. The Balaban J connectivity index is 1.18. The van der Waals surface area contributed by atoms with Gasteiger partial charge in [0.2, 0.25) is 5.91 Å². The topological polar surface area (TPSA) is 96.8 Å². The van der Waals surface area contributed by atoms with E-state index in [9.17, 15) is 14.4 Å². The minimum absolute atomic E-state index is 0.0492. The monoisotopic (exact) mass is 503 g/mol. The maximum absolute atomic E-state index is 13.1. The summed E-state index contributed by atoms with van der Waals surface area (Å²) in [5.74, 6) is -0.147. The molecule has 2 aliphatic rings. The van der Waals surface area contributed by atoms with E-state index >= 15 is 0 Å². The summed E-state index contributed by atoms with van der Waals surface area (Å²) in [6.07, 6.45) is 2.43. The summed E-state index contributed by atoms with van der Waals surface area (Å²) in [5, 5.41) is 2.77. The molecule has 3 aromatic rings. The standard InChI is InChI=1S/C28H33N5O4/c1-27(2,3)37-26(36)30-28(11-12-28)25(35)33-15-13-32(14-16-33)24(34)20-7-5-19(6-8-20)21-9-10-23-22(17-21)29-18-31(23)4/h5-10,17-18H,11-16H2,1-4H3,(H,30,36). The number of carbonyl (C=O) groups excluding carboxylic acids is 3. The second-order valence-electron chi connectivity index (χ2n) is 10.9. The van der Waals surface area contributed by atoms with E-state index in [1.807, 2.05) is 48.0 Å². The first kappa shape index (κ1) is 24.8. The number of rotatable bonds is 4. The van der Waals surface area contributed by atoms with Crippen LogP contribution in [0.2, 0.25) is 0 Å². The van der Waals surface area contributed by atoms with E-state index in [2.05, 4.69) is 16.4 Å². The minimum atomic E-state index is -0.872. The highest BCUT2D eigenvalue weighted by atomic mass is 16.6. The molecule has 37 heavy (non-hydrogen) atoms. The third-order valence-electron chi connectivity index (χ3n) is 6.94. The average Bonchev–Trinajstić information content (AvgIpc) is 3.56. The van der Waals surface area contributed by atoms with Crippen LogP contribution in [0.4, 0.5) is 4.79 Å². The lowest BCUT2D eigenvalue weighted by atomic mass is 10.0. The number of amides is 3. The second-order valence-corrected chi connectivity index (χ2v) is 10.9. The minimum Gasteiger partial charge on any atom is -0.444 e. The van der Waals surface area contributed by atoms with Crippen molar-refractivity contribution < 1.29 is 19.1 Å². The van der Waals surface area contributed by atoms with Crippen molar-refractivity contribution in [3.63, 3.8) is 0 Å². The van der Waals surface area contributed by atoms with Gasteiger partial charge in [-0.2, -0.15) is 0 Å². The third kappa shape index (κ3) is 5.16. The summed E-state index contributed by atoms with van der Waals surface area (Å²) in [6, 6.07) is 13.8. The fraction of sp³-hybridized carbons (Fsp3) is 0.429.